The number of anilines is 2. The summed E-state index contributed by atoms with van der Waals surface area (Å²) in [5, 5.41) is 21.1. The summed E-state index contributed by atoms with van der Waals surface area (Å²) in [4.78, 5) is 22.6. The smallest absolute Gasteiger partial charge is 0.339 e. The quantitative estimate of drug-likeness (QED) is 0.699. The summed E-state index contributed by atoms with van der Waals surface area (Å²) in [7, 11) is 1.45. The normalized spacial score (nSPS) is 11.6. The van der Waals surface area contributed by atoms with Crippen LogP contribution in [0.2, 0.25) is 0 Å². The number of rotatable bonds is 5. The lowest BCUT2D eigenvalue weighted by Crippen LogP contribution is -2.21. The number of nitrogens with zero attached hydrogens (tertiary/aromatic N) is 1. The molecular weight excluding hydrogens is 336 g/mol. The fraction of sp³-hybridized carbons (Fsp3) is 0.0667. The van der Waals surface area contributed by atoms with Crippen molar-refractivity contribution in [3.8, 4) is 5.75 Å². The van der Waals surface area contributed by atoms with E-state index in [1.54, 1.807) is 0 Å². The van der Waals surface area contributed by atoms with E-state index in [9.17, 15) is 23.5 Å². The van der Waals surface area contributed by atoms with E-state index in [1.807, 2.05) is 0 Å². The highest BCUT2D eigenvalue weighted by Crippen LogP contribution is 2.31. The van der Waals surface area contributed by atoms with Crippen LogP contribution in [-0.2, 0) is 11.3 Å². The maximum atomic E-state index is 11.7. The van der Waals surface area contributed by atoms with Crippen LogP contribution in [0.25, 0.3) is 0 Å². The number of carboxylic acids is 1. The van der Waals surface area contributed by atoms with Crippen LogP contribution >= 0.6 is 0 Å². The maximum absolute atomic E-state index is 11.7. The fourth-order valence-corrected chi connectivity index (χ4v) is 2.64. The molecule has 8 nitrogen and oxygen atoms in total. The molecule has 0 saturated carbocycles. The van der Waals surface area contributed by atoms with Crippen molar-refractivity contribution in [2.45, 2.75) is 0 Å². The average Bonchev–Trinajstić information content (AvgIpc) is 2.54. The average molecular weight is 349 g/mol. The zero-order valence-corrected chi connectivity index (χ0v) is 13.2. The first-order valence-electron chi connectivity index (χ1n) is 6.63. The van der Waals surface area contributed by atoms with E-state index in [1.165, 1.54) is 37.4 Å². The van der Waals surface area contributed by atoms with Gasteiger partial charge >= 0.3 is 5.97 Å². The van der Waals surface area contributed by atoms with Crippen LogP contribution in [0.5, 0.6) is 5.75 Å². The molecule has 0 saturated heterocycles. The van der Waals surface area contributed by atoms with Gasteiger partial charge in [-0.2, -0.15) is 0 Å². The Balaban J connectivity index is 2.51. The third kappa shape index (κ3) is 3.53. The predicted molar refractivity (Wildman–Crippen MR) is 86.0 cm³/mol. The van der Waals surface area contributed by atoms with Crippen molar-refractivity contribution in [1.29, 1.82) is 0 Å². The summed E-state index contributed by atoms with van der Waals surface area (Å²) >= 11 is -2.76. The molecule has 1 amide bonds. The van der Waals surface area contributed by atoms with Crippen molar-refractivity contribution in [2.24, 2.45) is 0 Å². The largest absolute Gasteiger partial charge is 0.755 e. The molecule has 126 valence electrons. The van der Waals surface area contributed by atoms with Crippen molar-refractivity contribution in [3.05, 3.63) is 53.6 Å². The van der Waals surface area contributed by atoms with Crippen LogP contribution < -0.4 is 9.62 Å². The number of carboxylic acid groups (broad SMARTS) is 1. The molecule has 2 aromatic rings. The standard InChI is InChI=1S/C15H14N2O6S/c1-16-14(19)9-3-2-4-10(7-9)17(24(22)23)11-5-6-12(15(20)21)13(18)8-11/h2-8,18H,1H3,(H,16,19)(H,20,21)(H,22,23)/p-1. The Morgan fingerprint density at radius 2 is 1.83 bits per heavy atom. The molecule has 1 unspecified atom stereocenters. The zero-order chi connectivity index (χ0) is 17.9. The number of amides is 1. The van der Waals surface area contributed by atoms with Crippen molar-refractivity contribution >= 4 is 34.5 Å². The molecule has 0 spiro atoms. The number of aromatic carboxylic acids is 1. The fourth-order valence-electron chi connectivity index (χ4n) is 2.07. The molecule has 2 aromatic carbocycles. The molecule has 24 heavy (non-hydrogen) atoms. The lowest BCUT2D eigenvalue weighted by Gasteiger charge is -2.27. The van der Waals surface area contributed by atoms with Gasteiger partial charge in [0.25, 0.3) is 5.91 Å². The van der Waals surface area contributed by atoms with Gasteiger partial charge in [-0.3, -0.25) is 13.3 Å². The van der Waals surface area contributed by atoms with Gasteiger partial charge in [-0.15, -0.1) is 0 Å². The van der Waals surface area contributed by atoms with Crippen LogP contribution in [0.1, 0.15) is 20.7 Å². The summed E-state index contributed by atoms with van der Waals surface area (Å²) in [6.07, 6.45) is 0. The molecule has 0 fully saturated rings. The van der Waals surface area contributed by atoms with Gasteiger partial charge in [0.15, 0.2) is 0 Å². The Hall–Kier alpha value is -2.91. The lowest BCUT2D eigenvalue weighted by atomic mass is 10.1. The Morgan fingerprint density at radius 1 is 1.17 bits per heavy atom. The van der Waals surface area contributed by atoms with E-state index in [2.05, 4.69) is 5.32 Å². The minimum Gasteiger partial charge on any atom is -0.755 e. The van der Waals surface area contributed by atoms with Crippen molar-refractivity contribution < 1.29 is 28.6 Å². The highest BCUT2D eigenvalue weighted by Gasteiger charge is 2.16. The van der Waals surface area contributed by atoms with Crippen LogP contribution in [0.4, 0.5) is 11.4 Å². The lowest BCUT2D eigenvalue weighted by molar-refractivity contribution is 0.0693. The predicted octanol–water partition coefficient (Wildman–Crippen LogP) is 1.38. The van der Waals surface area contributed by atoms with Gasteiger partial charge in [-0.05, 0) is 30.3 Å². The van der Waals surface area contributed by atoms with Gasteiger partial charge < -0.3 is 20.1 Å². The number of hydrogen-bond donors (Lipinski definition) is 3. The van der Waals surface area contributed by atoms with Crippen LogP contribution in [0.3, 0.4) is 0 Å². The first kappa shape index (κ1) is 17.4. The first-order chi connectivity index (χ1) is 11.3. The van der Waals surface area contributed by atoms with Crippen LogP contribution in [0.15, 0.2) is 42.5 Å². The number of hydrogen-bond acceptors (Lipinski definition) is 5. The number of nitrogens with one attached hydrogen (secondary N) is 1. The molecule has 1 atom stereocenters. The van der Waals surface area contributed by atoms with E-state index in [0.29, 0.717) is 0 Å². The molecule has 0 radical (unpaired) electrons. The van der Waals surface area contributed by atoms with Crippen LogP contribution in [0, 0.1) is 0 Å². The molecule has 0 aromatic heterocycles. The summed E-state index contributed by atoms with van der Waals surface area (Å²) in [6, 6.07) is 9.19. The van der Waals surface area contributed by atoms with Gasteiger partial charge in [0.1, 0.15) is 11.3 Å². The maximum Gasteiger partial charge on any atom is 0.339 e. The number of carbonyl (C=O) groups excluding carboxylic acids is 1. The summed E-state index contributed by atoms with van der Waals surface area (Å²) in [5.41, 5.74) is 0.0816. The second kappa shape index (κ2) is 7.11. The summed E-state index contributed by atoms with van der Waals surface area (Å²) in [5.74, 6) is -2.30. The zero-order valence-electron chi connectivity index (χ0n) is 12.4. The Bertz CT molecular complexity index is 823. The summed E-state index contributed by atoms with van der Waals surface area (Å²) < 4.78 is 24.0. The number of phenols is 1. The number of benzene rings is 2. The van der Waals surface area contributed by atoms with E-state index < -0.39 is 28.9 Å². The van der Waals surface area contributed by atoms with Gasteiger partial charge in [0, 0.05) is 18.7 Å². The van der Waals surface area contributed by atoms with Gasteiger partial charge in [-0.25, -0.2) is 4.79 Å². The molecule has 0 heterocycles. The molecule has 0 aliphatic heterocycles. The second-order valence-corrected chi connectivity index (χ2v) is 5.45. The molecular formula is C15H13N2O6S-. The highest BCUT2D eigenvalue weighted by molar-refractivity contribution is 7.81. The molecule has 0 aliphatic rings. The monoisotopic (exact) mass is 349 g/mol. The Morgan fingerprint density at radius 3 is 2.38 bits per heavy atom. The van der Waals surface area contributed by atoms with E-state index in [-0.39, 0.29) is 22.5 Å². The first-order valence-corrected chi connectivity index (χ1v) is 7.66. The van der Waals surface area contributed by atoms with E-state index in [4.69, 9.17) is 5.11 Å². The van der Waals surface area contributed by atoms with Gasteiger partial charge in [0.2, 0.25) is 0 Å². The minimum absolute atomic E-state index is 0.0277. The molecule has 9 heteroatoms. The second-order valence-electron chi connectivity index (χ2n) is 4.65. The Labute approximate surface area is 139 Å². The van der Waals surface area contributed by atoms with Gasteiger partial charge in [-0.1, -0.05) is 6.07 Å². The molecule has 0 aliphatic carbocycles. The van der Waals surface area contributed by atoms with Crippen LogP contribution in [-0.4, -0.2) is 37.9 Å². The topological polar surface area (TPSA) is 130 Å². The molecule has 3 N–H and O–H groups in total. The number of aromatic hydroxyl groups is 1. The molecule has 0 bridgehead atoms. The van der Waals surface area contributed by atoms with Crippen molar-refractivity contribution in [2.75, 3.05) is 11.4 Å². The van der Waals surface area contributed by atoms with E-state index >= 15 is 0 Å². The van der Waals surface area contributed by atoms with Crippen molar-refractivity contribution in [1.82, 2.24) is 5.32 Å². The third-order valence-corrected chi connectivity index (χ3v) is 3.88. The highest BCUT2D eigenvalue weighted by atomic mass is 32.2. The minimum atomic E-state index is -2.76. The SMILES string of the molecule is CNC(=O)c1cccc(N(c2ccc(C(=O)O)c(O)c2)S(=O)[O-])c1. The Kier molecular flexibility index (Phi) is 5.17. The van der Waals surface area contributed by atoms with E-state index in [0.717, 1.165) is 16.4 Å². The van der Waals surface area contributed by atoms with Gasteiger partial charge in [0.05, 0.1) is 22.6 Å². The molecule has 2 rings (SSSR count). The summed E-state index contributed by atoms with van der Waals surface area (Å²) in [6.45, 7) is 0. The number of carbonyl (C=O) groups is 2. The van der Waals surface area contributed by atoms with Crippen molar-refractivity contribution in [3.63, 3.8) is 0 Å². The third-order valence-electron chi connectivity index (χ3n) is 3.17.